The lowest BCUT2D eigenvalue weighted by atomic mass is 10.4. The van der Waals surface area contributed by atoms with Gasteiger partial charge in [0.25, 0.3) is 0 Å². The van der Waals surface area contributed by atoms with E-state index in [1.807, 2.05) is 17.5 Å². The molecule has 0 atom stereocenters. The number of hydrogen-bond donors (Lipinski definition) is 1. The van der Waals surface area contributed by atoms with Crippen LogP contribution < -0.4 is 5.32 Å². The fourth-order valence-corrected chi connectivity index (χ4v) is 4.02. The molecule has 9 heteroatoms. The standard InChI is InChI=1S/C13H13ClN2O3S3/c1-19-12(18)7-20-5-4-11(17)16-13-15-8(6-21-13)9-2-3-10(14)22-9/h2-3,6H,4-5,7H2,1H3,(H,15,16,17). The molecule has 0 radical (unpaired) electrons. The Balaban J connectivity index is 1.78. The fraction of sp³-hybridized carbons (Fsp3) is 0.308. The van der Waals surface area contributed by atoms with Crippen LogP contribution in [0.15, 0.2) is 17.5 Å². The summed E-state index contributed by atoms with van der Waals surface area (Å²) in [5.74, 6) is 0.399. The molecule has 0 unspecified atom stereocenters. The number of hydrogen-bond acceptors (Lipinski definition) is 7. The first kappa shape index (κ1) is 17.3. The smallest absolute Gasteiger partial charge is 0.315 e. The van der Waals surface area contributed by atoms with E-state index in [9.17, 15) is 9.59 Å². The van der Waals surface area contributed by atoms with Crippen molar-refractivity contribution in [3.63, 3.8) is 0 Å². The Morgan fingerprint density at radius 3 is 2.95 bits per heavy atom. The largest absolute Gasteiger partial charge is 0.468 e. The lowest BCUT2D eigenvalue weighted by molar-refractivity contribution is -0.137. The summed E-state index contributed by atoms with van der Waals surface area (Å²) >= 11 is 10.1. The molecule has 2 aromatic heterocycles. The molecular formula is C13H13ClN2O3S3. The molecule has 118 valence electrons. The van der Waals surface area contributed by atoms with Gasteiger partial charge in [0.1, 0.15) is 0 Å². The molecule has 2 aromatic rings. The Kier molecular flexibility index (Phi) is 6.69. The molecule has 0 bridgehead atoms. The van der Waals surface area contributed by atoms with E-state index in [0.29, 0.717) is 21.6 Å². The van der Waals surface area contributed by atoms with Gasteiger partial charge in [-0.3, -0.25) is 9.59 Å². The summed E-state index contributed by atoms with van der Waals surface area (Å²) in [5.41, 5.74) is 0.803. The van der Waals surface area contributed by atoms with Crippen molar-refractivity contribution in [2.75, 3.05) is 23.9 Å². The molecule has 0 aliphatic rings. The number of thiazole rings is 1. The third-order valence-corrected chi connectivity index (χ3v) is 5.44. The van der Waals surface area contributed by atoms with E-state index in [4.69, 9.17) is 11.6 Å². The molecule has 2 rings (SSSR count). The Hall–Kier alpha value is -1.09. The van der Waals surface area contributed by atoms with E-state index in [1.165, 1.54) is 41.5 Å². The van der Waals surface area contributed by atoms with Gasteiger partial charge in [0.05, 0.1) is 27.8 Å². The molecule has 0 saturated heterocycles. The number of ether oxygens (including phenoxy) is 1. The van der Waals surface area contributed by atoms with Gasteiger partial charge in [-0.15, -0.1) is 34.4 Å². The van der Waals surface area contributed by atoms with Crippen LogP contribution in [0.1, 0.15) is 6.42 Å². The van der Waals surface area contributed by atoms with Gasteiger partial charge < -0.3 is 10.1 Å². The molecule has 1 N–H and O–H groups in total. The van der Waals surface area contributed by atoms with Crippen molar-refractivity contribution in [3.8, 4) is 10.6 Å². The predicted molar refractivity (Wildman–Crippen MR) is 93.0 cm³/mol. The number of methoxy groups -OCH3 is 1. The van der Waals surface area contributed by atoms with E-state index >= 15 is 0 Å². The normalized spacial score (nSPS) is 10.5. The maximum atomic E-state index is 11.8. The summed E-state index contributed by atoms with van der Waals surface area (Å²) in [5, 5.41) is 5.19. The molecule has 0 aliphatic carbocycles. The van der Waals surface area contributed by atoms with Gasteiger partial charge >= 0.3 is 5.97 Å². The van der Waals surface area contributed by atoms with Crippen molar-refractivity contribution in [2.45, 2.75) is 6.42 Å². The van der Waals surface area contributed by atoms with Crippen LogP contribution in [0.25, 0.3) is 10.6 Å². The predicted octanol–water partition coefficient (Wildman–Crippen LogP) is 3.76. The van der Waals surface area contributed by atoms with Crippen LogP contribution in [-0.2, 0) is 14.3 Å². The maximum absolute atomic E-state index is 11.8. The summed E-state index contributed by atoms with van der Waals surface area (Å²) in [4.78, 5) is 28.0. The van der Waals surface area contributed by atoms with Crippen LogP contribution in [0.4, 0.5) is 5.13 Å². The van der Waals surface area contributed by atoms with Crippen molar-refractivity contribution in [1.82, 2.24) is 4.98 Å². The van der Waals surface area contributed by atoms with E-state index in [2.05, 4.69) is 15.0 Å². The van der Waals surface area contributed by atoms with Crippen molar-refractivity contribution in [2.24, 2.45) is 0 Å². The van der Waals surface area contributed by atoms with Gasteiger partial charge in [-0.05, 0) is 12.1 Å². The van der Waals surface area contributed by atoms with Crippen LogP contribution in [0, 0.1) is 0 Å². The number of rotatable bonds is 7. The third-order valence-electron chi connectivity index (χ3n) is 2.50. The maximum Gasteiger partial charge on any atom is 0.315 e. The summed E-state index contributed by atoms with van der Waals surface area (Å²) in [7, 11) is 1.34. The zero-order chi connectivity index (χ0) is 15.9. The second-order valence-electron chi connectivity index (χ2n) is 4.07. The van der Waals surface area contributed by atoms with Gasteiger partial charge in [-0.25, -0.2) is 4.98 Å². The first-order chi connectivity index (χ1) is 10.6. The van der Waals surface area contributed by atoms with Crippen LogP contribution >= 0.6 is 46.0 Å². The van der Waals surface area contributed by atoms with Crippen LogP contribution in [0.2, 0.25) is 4.34 Å². The highest BCUT2D eigenvalue weighted by Crippen LogP contribution is 2.32. The van der Waals surface area contributed by atoms with Crippen molar-refractivity contribution < 1.29 is 14.3 Å². The fourth-order valence-electron chi connectivity index (χ4n) is 1.46. The second kappa shape index (κ2) is 8.52. The molecule has 22 heavy (non-hydrogen) atoms. The van der Waals surface area contributed by atoms with Crippen LogP contribution in [0.3, 0.4) is 0 Å². The van der Waals surface area contributed by atoms with E-state index < -0.39 is 0 Å². The highest BCUT2D eigenvalue weighted by molar-refractivity contribution is 7.99. The van der Waals surface area contributed by atoms with Crippen molar-refractivity contribution >= 4 is 63.0 Å². The van der Waals surface area contributed by atoms with Crippen molar-refractivity contribution in [3.05, 3.63) is 21.8 Å². The number of carbonyl (C=O) groups excluding carboxylic acids is 2. The highest BCUT2D eigenvalue weighted by atomic mass is 35.5. The number of carbonyl (C=O) groups is 2. The van der Waals surface area contributed by atoms with E-state index in [0.717, 1.165) is 10.6 Å². The first-order valence-electron chi connectivity index (χ1n) is 6.24. The minimum Gasteiger partial charge on any atom is -0.468 e. The number of thiophene rings is 1. The first-order valence-corrected chi connectivity index (χ1v) is 9.47. The summed E-state index contributed by atoms with van der Waals surface area (Å²) < 4.78 is 5.23. The number of nitrogens with zero attached hydrogens (tertiary/aromatic N) is 1. The Labute approximate surface area is 145 Å². The number of thioether (sulfide) groups is 1. The zero-order valence-corrected chi connectivity index (χ0v) is 14.8. The second-order valence-corrected chi connectivity index (χ2v) is 7.75. The van der Waals surface area contributed by atoms with Gasteiger partial charge in [-0.1, -0.05) is 11.6 Å². The monoisotopic (exact) mass is 376 g/mol. The summed E-state index contributed by atoms with van der Waals surface area (Å²) in [6, 6.07) is 3.72. The minimum absolute atomic E-state index is 0.123. The molecular weight excluding hydrogens is 364 g/mol. The Morgan fingerprint density at radius 1 is 1.45 bits per heavy atom. The average Bonchev–Trinajstić information content (AvgIpc) is 3.12. The SMILES string of the molecule is COC(=O)CSCCC(=O)Nc1nc(-c2ccc(Cl)s2)cs1. The Bertz CT molecular complexity index is 657. The van der Waals surface area contributed by atoms with E-state index in [-0.39, 0.29) is 17.6 Å². The van der Waals surface area contributed by atoms with Gasteiger partial charge in [0.15, 0.2) is 5.13 Å². The van der Waals surface area contributed by atoms with Crippen LogP contribution in [0.5, 0.6) is 0 Å². The number of aromatic nitrogens is 1. The summed E-state index contributed by atoms with van der Waals surface area (Å²) in [6.07, 6.45) is 0.321. The average molecular weight is 377 g/mol. The zero-order valence-electron chi connectivity index (χ0n) is 11.6. The molecule has 0 saturated carbocycles. The molecule has 0 spiro atoms. The van der Waals surface area contributed by atoms with Gasteiger partial charge in [0, 0.05) is 17.6 Å². The minimum atomic E-state index is -0.287. The molecule has 0 aliphatic heterocycles. The number of esters is 1. The quantitative estimate of drug-likeness (QED) is 0.588. The lowest BCUT2D eigenvalue weighted by Crippen LogP contribution is -2.13. The topological polar surface area (TPSA) is 68.3 Å². The van der Waals surface area contributed by atoms with Gasteiger partial charge in [0.2, 0.25) is 5.91 Å². The van der Waals surface area contributed by atoms with Crippen LogP contribution in [-0.4, -0.2) is 35.5 Å². The Morgan fingerprint density at radius 2 is 2.27 bits per heavy atom. The molecule has 1 amide bonds. The molecule has 0 fully saturated rings. The highest BCUT2D eigenvalue weighted by Gasteiger charge is 2.10. The van der Waals surface area contributed by atoms with Crippen molar-refractivity contribution in [1.29, 1.82) is 0 Å². The lowest BCUT2D eigenvalue weighted by Gasteiger charge is -2.01. The number of nitrogens with one attached hydrogen (secondary N) is 1. The number of anilines is 1. The van der Waals surface area contributed by atoms with E-state index in [1.54, 1.807) is 0 Å². The number of amides is 1. The number of halogens is 1. The van der Waals surface area contributed by atoms with Gasteiger partial charge in [-0.2, -0.15) is 0 Å². The molecule has 2 heterocycles. The summed E-state index contributed by atoms with van der Waals surface area (Å²) in [6.45, 7) is 0. The molecule has 0 aromatic carbocycles. The third kappa shape index (κ3) is 5.28. The molecule has 5 nitrogen and oxygen atoms in total.